The summed E-state index contributed by atoms with van der Waals surface area (Å²) >= 11 is 0. The van der Waals surface area contributed by atoms with Crippen molar-refractivity contribution in [1.82, 2.24) is 24.8 Å². The maximum Gasteiger partial charge on any atom is 0.260 e. The number of likely N-dealkylation sites (tertiary alicyclic amines) is 2. The van der Waals surface area contributed by atoms with Crippen molar-refractivity contribution in [2.45, 2.75) is 44.0 Å². The van der Waals surface area contributed by atoms with E-state index >= 15 is 4.39 Å². The Labute approximate surface area is 181 Å². The van der Waals surface area contributed by atoms with Crippen LogP contribution in [0.25, 0.3) is 0 Å². The highest BCUT2D eigenvalue weighted by molar-refractivity contribution is 5.85. The molecule has 2 fully saturated rings. The van der Waals surface area contributed by atoms with Gasteiger partial charge in [-0.15, -0.1) is 0 Å². The molecule has 2 aromatic heterocycles. The highest BCUT2D eigenvalue weighted by Crippen LogP contribution is 2.32. The number of aliphatic hydroxyl groups excluding tert-OH is 1. The molecular formula is C22H29FN6O2. The van der Waals surface area contributed by atoms with Gasteiger partial charge in [0.05, 0.1) is 6.10 Å². The van der Waals surface area contributed by atoms with Crippen LogP contribution in [-0.2, 0) is 17.8 Å². The molecule has 2 aliphatic rings. The lowest BCUT2D eigenvalue weighted by Gasteiger charge is -2.41. The zero-order chi connectivity index (χ0) is 21.8. The molecule has 4 rings (SSSR count). The molecule has 1 amide bonds. The van der Waals surface area contributed by atoms with Gasteiger partial charge in [-0.1, -0.05) is 6.07 Å². The largest absolute Gasteiger partial charge is 0.391 e. The van der Waals surface area contributed by atoms with E-state index in [2.05, 4.69) is 19.9 Å². The van der Waals surface area contributed by atoms with E-state index in [1.807, 2.05) is 18.2 Å². The number of carbonyl (C=O) groups excluding carboxylic acids is 1. The van der Waals surface area contributed by atoms with Crippen LogP contribution in [0.1, 0.15) is 30.5 Å². The van der Waals surface area contributed by atoms with Gasteiger partial charge in [-0.2, -0.15) is 0 Å². The summed E-state index contributed by atoms with van der Waals surface area (Å²) in [7, 11) is 0. The van der Waals surface area contributed by atoms with Crippen LogP contribution in [0.5, 0.6) is 0 Å². The summed E-state index contributed by atoms with van der Waals surface area (Å²) in [5.41, 5.74) is 5.47. The Hall–Kier alpha value is -2.65. The van der Waals surface area contributed by atoms with Gasteiger partial charge in [0.25, 0.3) is 5.91 Å². The lowest BCUT2D eigenvalue weighted by molar-refractivity contribution is -0.152. The molecule has 4 heterocycles. The molecule has 0 saturated carbocycles. The number of pyridine rings is 1. The van der Waals surface area contributed by atoms with Crippen LogP contribution >= 0.6 is 0 Å². The zero-order valence-electron chi connectivity index (χ0n) is 17.5. The third-order valence-electron chi connectivity index (χ3n) is 6.37. The number of anilines is 1. The van der Waals surface area contributed by atoms with E-state index in [4.69, 9.17) is 5.73 Å². The average molecular weight is 429 g/mol. The molecule has 8 nitrogen and oxygen atoms in total. The number of nitrogens with two attached hydrogens (primary N) is 1. The van der Waals surface area contributed by atoms with Gasteiger partial charge in [0.1, 0.15) is 0 Å². The number of carbonyl (C=O) groups is 1. The second-order valence-electron chi connectivity index (χ2n) is 8.58. The summed E-state index contributed by atoms with van der Waals surface area (Å²) in [6.07, 6.45) is 5.99. The van der Waals surface area contributed by atoms with E-state index in [0.717, 1.165) is 11.3 Å². The van der Waals surface area contributed by atoms with E-state index < -0.39 is 17.7 Å². The molecule has 0 aliphatic carbocycles. The molecule has 0 bridgehead atoms. The molecule has 9 heteroatoms. The number of alkyl halides is 1. The van der Waals surface area contributed by atoms with Crippen LogP contribution in [-0.4, -0.2) is 73.7 Å². The minimum atomic E-state index is -1.87. The van der Waals surface area contributed by atoms with Gasteiger partial charge in [-0.05, 0) is 30.9 Å². The normalized spacial score (nSPS) is 24.1. The van der Waals surface area contributed by atoms with Crippen molar-refractivity contribution in [3.63, 3.8) is 0 Å². The molecule has 0 spiro atoms. The number of aliphatic hydroxyl groups is 1. The highest BCUT2D eigenvalue weighted by atomic mass is 19.1. The Morgan fingerprint density at radius 1 is 1.19 bits per heavy atom. The summed E-state index contributed by atoms with van der Waals surface area (Å²) in [5, 5.41) is 10.6. The minimum absolute atomic E-state index is 0.0264. The SMILES string of the molecule is Nc1ncc(CN2CCC(F)(C(=O)N3CCC(Cc4ccccn4)C(O)C3)CC2)cn1. The number of amides is 1. The second-order valence-corrected chi connectivity index (χ2v) is 8.58. The number of nitrogen functional groups attached to an aromatic ring is 1. The quantitative estimate of drug-likeness (QED) is 0.737. The van der Waals surface area contributed by atoms with Gasteiger partial charge in [0.2, 0.25) is 5.95 Å². The van der Waals surface area contributed by atoms with Crippen LogP contribution in [0.4, 0.5) is 10.3 Å². The van der Waals surface area contributed by atoms with Crippen molar-refractivity contribution in [2.75, 3.05) is 31.9 Å². The van der Waals surface area contributed by atoms with Crippen molar-refractivity contribution < 1.29 is 14.3 Å². The number of rotatable bonds is 5. The summed E-state index contributed by atoms with van der Waals surface area (Å²) in [6.45, 7) is 2.19. The highest BCUT2D eigenvalue weighted by Gasteiger charge is 2.45. The Morgan fingerprint density at radius 3 is 2.58 bits per heavy atom. The first-order valence-corrected chi connectivity index (χ1v) is 10.8. The van der Waals surface area contributed by atoms with Gasteiger partial charge < -0.3 is 15.7 Å². The molecule has 2 saturated heterocycles. The van der Waals surface area contributed by atoms with E-state index in [1.165, 1.54) is 4.90 Å². The number of halogens is 1. The maximum atomic E-state index is 15.5. The standard InChI is InChI=1S/C22H29FN6O2/c23-22(5-9-28(10-6-22)14-16-12-26-21(24)27-13-16)20(31)29-8-4-17(19(30)15-29)11-18-3-1-2-7-25-18/h1-3,7,12-13,17,19,30H,4-6,8-11,14-15H2,(H2,24,26,27). The number of aromatic nitrogens is 3. The fraction of sp³-hybridized carbons (Fsp3) is 0.545. The van der Waals surface area contributed by atoms with Gasteiger partial charge in [0.15, 0.2) is 5.67 Å². The fourth-order valence-electron chi connectivity index (χ4n) is 4.46. The molecule has 2 aromatic rings. The lowest BCUT2D eigenvalue weighted by Crippen LogP contribution is -2.56. The van der Waals surface area contributed by atoms with Crippen LogP contribution in [0.3, 0.4) is 0 Å². The molecule has 166 valence electrons. The third-order valence-corrected chi connectivity index (χ3v) is 6.37. The Kier molecular flexibility index (Phi) is 6.43. The van der Waals surface area contributed by atoms with Crippen molar-refractivity contribution in [1.29, 1.82) is 0 Å². The molecule has 2 atom stereocenters. The maximum absolute atomic E-state index is 15.5. The molecule has 31 heavy (non-hydrogen) atoms. The molecule has 2 unspecified atom stereocenters. The molecule has 3 N–H and O–H groups in total. The summed E-state index contributed by atoms with van der Waals surface area (Å²) < 4.78 is 15.5. The van der Waals surface area contributed by atoms with Crippen molar-refractivity contribution in [3.8, 4) is 0 Å². The number of piperidine rings is 2. The number of β-amino-alcohol motifs (C(OH)–C–C–N with tert-alkyl or cyclic N) is 1. The van der Waals surface area contributed by atoms with Crippen molar-refractivity contribution in [3.05, 3.63) is 48.0 Å². The monoisotopic (exact) mass is 428 g/mol. The van der Waals surface area contributed by atoms with Crippen molar-refractivity contribution >= 4 is 11.9 Å². The third kappa shape index (κ3) is 5.16. The average Bonchev–Trinajstić information content (AvgIpc) is 2.78. The number of hydrogen-bond acceptors (Lipinski definition) is 7. The fourth-order valence-corrected chi connectivity index (χ4v) is 4.46. The molecule has 0 radical (unpaired) electrons. The van der Waals surface area contributed by atoms with Crippen LogP contribution in [0, 0.1) is 5.92 Å². The number of nitrogens with zero attached hydrogens (tertiary/aromatic N) is 5. The first-order valence-electron chi connectivity index (χ1n) is 10.8. The molecule has 2 aliphatic heterocycles. The van der Waals surface area contributed by atoms with Gasteiger partial charge >= 0.3 is 0 Å². The van der Waals surface area contributed by atoms with E-state index in [9.17, 15) is 9.90 Å². The molecular weight excluding hydrogens is 399 g/mol. The van der Waals surface area contributed by atoms with Crippen LogP contribution in [0.2, 0.25) is 0 Å². The lowest BCUT2D eigenvalue weighted by atomic mass is 9.86. The smallest absolute Gasteiger partial charge is 0.260 e. The second kappa shape index (κ2) is 9.23. The minimum Gasteiger partial charge on any atom is -0.391 e. The topological polar surface area (TPSA) is 108 Å². The predicted octanol–water partition coefficient (Wildman–Crippen LogP) is 1.21. The summed E-state index contributed by atoms with van der Waals surface area (Å²) in [4.78, 5) is 28.8. The van der Waals surface area contributed by atoms with Crippen LogP contribution < -0.4 is 5.73 Å². The van der Waals surface area contributed by atoms with Gasteiger partial charge in [-0.3, -0.25) is 14.7 Å². The summed E-state index contributed by atoms with van der Waals surface area (Å²) in [5.74, 6) is -0.237. The Bertz CT molecular complexity index is 873. The summed E-state index contributed by atoms with van der Waals surface area (Å²) in [6, 6.07) is 5.72. The molecule has 0 aromatic carbocycles. The number of hydrogen-bond donors (Lipinski definition) is 2. The van der Waals surface area contributed by atoms with Crippen molar-refractivity contribution in [2.24, 2.45) is 5.92 Å². The predicted molar refractivity (Wildman–Crippen MR) is 113 cm³/mol. The van der Waals surface area contributed by atoms with E-state index in [-0.39, 0.29) is 31.3 Å². The van der Waals surface area contributed by atoms with E-state index in [1.54, 1.807) is 18.6 Å². The van der Waals surface area contributed by atoms with Crippen LogP contribution in [0.15, 0.2) is 36.8 Å². The first-order chi connectivity index (χ1) is 14.9. The van der Waals surface area contributed by atoms with Gasteiger partial charge in [-0.25, -0.2) is 14.4 Å². The zero-order valence-corrected chi connectivity index (χ0v) is 17.5. The van der Waals surface area contributed by atoms with Gasteiger partial charge in [0, 0.05) is 75.4 Å². The first kappa shape index (κ1) is 21.6. The van der Waals surface area contributed by atoms with E-state index in [0.29, 0.717) is 39.0 Å². The Morgan fingerprint density at radius 2 is 1.94 bits per heavy atom. The Balaban J connectivity index is 1.29.